The molecule has 7 heteroatoms. The number of guanidine groups is 1. The van der Waals surface area contributed by atoms with Gasteiger partial charge in [0, 0.05) is 13.6 Å². The fourth-order valence-electron chi connectivity index (χ4n) is 2.52. The first-order chi connectivity index (χ1) is 11.8. The Labute approximate surface area is 168 Å². The van der Waals surface area contributed by atoms with Crippen LogP contribution in [0.15, 0.2) is 45.8 Å². The van der Waals surface area contributed by atoms with Crippen molar-refractivity contribution >= 4 is 51.5 Å². The van der Waals surface area contributed by atoms with Crippen molar-refractivity contribution in [1.82, 2.24) is 15.6 Å². The zero-order valence-corrected chi connectivity index (χ0v) is 17.1. The van der Waals surface area contributed by atoms with Crippen LogP contribution >= 0.6 is 35.3 Å². The number of nitrogens with one attached hydrogen (secondary N) is 2. The van der Waals surface area contributed by atoms with E-state index in [1.807, 2.05) is 30.3 Å². The molecule has 0 spiro atoms. The molecule has 2 heterocycles. The van der Waals surface area contributed by atoms with Gasteiger partial charge in [-0.3, -0.25) is 4.99 Å². The molecule has 2 N–H and O–H groups in total. The highest BCUT2D eigenvalue weighted by Gasteiger charge is 2.21. The second-order valence-electron chi connectivity index (χ2n) is 6.00. The second-order valence-corrected chi connectivity index (χ2v) is 7.03. The van der Waals surface area contributed by atoms with Crippen molar-refractivity contribution < 1.29 is 4.42 Å². The first-order valence-corrected chi connectivity index (χ1v) is 9.02. The Morgan fingerprint density at radius 3 is 2.84 bits per heavy atom. The summed E-state index contributed by atoms with van der Waals surface area (Å²) in [7, 11) is 1.79. The fraction of sp³-hybridized carbons (Fsp3) is 0.333. The number of aromatic nitrogens is 1. The Balaban J connectivity index is 0.00000182. The lowest BCUT2D eigenvalue weighted by Gasteiger charge is -2.10. The molecule has 5 nitrogen and oxygen atoms in total. The highest BCUT2D eigenvalue weighted by Crippen LogP contribution is 2.31. The smallest absolute Gasteiger partial charge is 0.191 e. The van der Waals surface area contributed by atoms with E-state index >= 15 is 0 Å². The summed E-state index contributed by atoms with van der Waals surface area (Å²) in [5.41, 5.74) is 1.01. The molecule has 0 radical (unpaired) electrons. The molecule has 0 bridgehead atoms. The Morgan fingerprint density at radius 2 is 2.08 bits per heavy atom. The third-order valence-corrected chi connectivity index (χ3v) is 5.13. The SMILES string of the molecule is CN=C(NCc1ccc(-c2nc3ccccc3s2)o1)NCC1CC1.I. The van der Waals surface area contributed by atoms with Gasteiger partial charge in [-0.05, 0) is 43.0 Å². The Kier molecular flexibility index (Phi) is 5.95. The van der Waals surface area contributed by atoms with Gasteiger partial charge in [0.25, 0.3) is 0 Å². The molecule has 1 aromatic carbocycles. The second kappa shape index (κ2) is 8.18. The van der Waals surface area contributed by atoms with E-state index in [-0.39, 0.29) is 24.0 Å². The number of aliphatic imine (C=N–C) groups is 1. The largest absolute Gasteiger partial charge is 0.457 e. The number of fused-ring (bicyclic) bond motifs is 1. The first-order valence-electron chi connectivity index (χ1n) is 8.21. The summed E-state index contributed by atoms with van der Waals surface area (Å²) >= 11 is 1.65. The summed E-state index contributed by atoms with van der Waals surface area (Å²) < 4.78 is 7.11. The van der Waals surface area contributed by atoms with Gasteiger partial charge < -0.3 is 15.1 Å². The number of thiazole rings is 1. The molecule has 4 rings (SSSR count). The maximum Gasteiger partial charge on any atom is 0.191 e. The summed E-state index contributed by atoms with van der Waals surface area (Å²) in [4.78, 5) is 8.87. The maximum atomic E-state index is 5.93. The van der Waals surface area contributed by atoms with Crippen LogP contribution in [-0.2, 0) is 6.54 Å². The van der Waals surface area contributed by atoms with Crippen LogP contribution in [0.4, 0.5) is 0 Å². The monoisotopic (exact) mass is 468 g/mol. The summed E-state index contributed by atoms with van der Waals surface area (Å²) in [6.45, 7) is 1.60. The van der Waals surface area contributed by atoms with Crippen LogP contribution in [0.3, 0.4) is 0 Å². The summed E-state index contributed by atoms with van der Waals surface area (Å²) in [5.74, 6) is 3.32. The average Bonchev–Trinajstić information content (AvgIpc) is 3.15. The van der Waals surface area contributed by atoms with Gasteiger partial charge >= 0.3 is 0 Å². The zero-order chi connectivity index (χ0) is 16.4. The van der Waals surface area contributed by atoms with Crippen molar-refractivity contribution in [2.75, 3.05) is 13.6 Å². The van der Waals surface area contributed by atoms with Gasteiger partial charge in [-0.2, -0.15) is 0 Å². The number of benzene rings is 1. The van der Waals surface area contributed by atoms with Crippen LogP contribution in [0.2, 0.25) is 0 Å². The lowest BCUT2D eigenvalue weighted by molar-refractivity contribution is 0.513. The Hall–Kier alpha value is -1.61. The predicted octanol–water partition coefficient (Wildman–Crippen LogP) is 4.25. The lowest BCUT2D eigenvalue weighted by atomic mass is 10.3. The molecule has 3 aromatic rings. The molecule has 0 amide bonds. The van der Waals surface area contributed by atoms with Crippen molar-refractivity contribution in [3.63, 3.8) is 0 Å². The van der Waals surface area contributed by atoms with Crippen LogP contribution in [0.1, 0.15) is 18.6 Å². The third-order valence-electron chi connectivity index (χ3n) is 4.08. The van der Waals surface area contributed by atoms with Crippen LogP contribution in [0.25, 0.3) is 21.0 Å². The van der Waals surface area contributed by atoms with Crippen molar-refractivity contribution in [1.29, 1.82) is 0 Å². The molecule has 1 fully saturated rings. The van der Waals surface area contributed by atoms with Crippen LogP contribution < -0.4 is 10.6 Å². The molecule has 2 aromatic heterocycles. The van der Waals surface area contributed by atoms with Crippen molar-refractivity contribution in [2.24, 2.45) is 10.9 Å². The number of para-hydroxylation sites is 1. The number of furan rings is 1. The molecular formula is C18H21IN4OS. The van der Waals surface area contributed by atoms with Gasteiger partial charge in [0.1, 0.15) is 5.76 Å². The maximum absolute atomic E-state index is 5.93. The molecule has 1 aliphatic carbocycles. The molecule has 0 atom stereocenters. The molecule has 0 unspecified atom stereocenters. The molecule has 1 saturated carbocycles. The number of nitrogens with zero attached hydrogens (tertiary/aromatic N) is 2. The third kappa shape index (κ3) is 4.52. The van der Waals surface area contributed by atoms with E-state index < -0.39 is 0 Å². The van der Waals surface area contributed by atoms with Crippen LogP contribution in [0, 0.1) is 5.92 Å². The normalized spacial score (nSPS) is 14.4. The first kappa shape index (κ1) is 18.2. The van der Waals surface area contributed by atoms with Gasteiger partial charge in [-0.1, -0.05) is 12.1 Å². The summed E-state index contributed by atoms with van der Waals surface area (Å²) in [6, 6.07) is 12.1. The fourth-order valence-corrected chi connectivity index (χ4v) is 3.45. The molecule has 0 saturated heterocycles. The molecule has 132 valence electrons. The highest BCUT2D eigenvalue weighted by atomic mass is 127. The van der Waals surface area contributed by atoms with Gasteiger partial charge in [0.2, 0.25) is 0 Å². The van der Waals surface area contributed by atoms with E-state index in [0.29, 0.717) is 6.54 Å². The topological polar surface area (TPSA) is 62.5 Å². The number of halogens is 1. The lowest BCUT2D eigenvalue weighted by Crippen LogP contribution is -2.37. The predicted molar refractivity (Wildman–Crippen MR) is 114 cm³/mol. The molecular weight excluding hydrogens is 447 g/mol. The quantitative estimate of drug-likeness (QED) is 0.334. The van der Waals surface area contributed by atoms with E-state index in [1.165, 1.54) is 17.5 Å². The highest BCUT2D eigenvalue weighted by molar-refractivity contribution is 14.0. The Morgan fingerprint density at radius 1 is 1.24 bits per heavy atom. The number of hydrogen-bond acceptors (Lipinski definition) is 4. The molecule has 1 aliphatic rings. The summed E-state index contributed by atoms with van der Waals surface area (Å²) in [6.07, 6.45) is 2.65. The minimum atomic E-state index is 0. The van der Waals surface area contributed by atoms with Gasteiger partial charge in [0.05, 0.1) is 16.8 Å². The number of hydrogen-bond donors (Lipinski definition) is 2. The van der Waals surface area contributed by atoms with Gasteiger partial charge in [0.15, 0.2) is 16.7 Å². The van der Waals surface area contributed by atoms with E-state index in [1.54, 1.807) is 18.4 Å². The minimum absolute atomic E-state index is 0. The van der Waals surface area contributed by atoms with E-state index in [4.69, 9.17) is 4.42 Å². The van der Waals surface area contributed by atoms with E-state index in [0.717, 1.165) is 40.5 Å². The van der Waals surface area contributed by atoms with Crippen LogP contribution in [-0.4, -0.2) is 24.5 Å². The minimum Gasteiger partial charge on any atom is -0.457 e. The van der Waals surface area contributed by atoms with Crippen LogP contribution in [0.5, 0.6) is 0 Å². The van der Waals surface area contributed by atoms with Gasteiger partial charge in [-0.15, -0.1) is 35.3 Å². The van der Waals surface area contributed by atoms with E-state index in [2.05, 4.69) is 26.7 Å². The average molecular weight is 468 g/mol. The van der Waals surface area contributed by atoms with E-state index in [9.17, 15) is 0 Å². The van der Waals surface area contributed by atoms with Crippen molar-refractivity contribution in [3.05, 3.63) is 42.2 Å². The number of rotatable bonds is 5. The zero-order valence-electron chi connectivity index (χ0n) is 14.0. The Bertz CT molecular complexity index is 836. The summed E-state index contributed by atoms with van der Waals surface area (Å²) in [5, 5.41) is 7.55. The van der Waals surface area contributed by atoms with Crippen molar-refractivity contribution in [2.45, 2.75) is 19.4 Å². The van der Waals surface area contributed by atoms with Gasteiger partial charge in [-0.25, -0.2) is 4.98 Å². The molecule has 0 aliphatic heterocycles. The van der Waals surface area contributed by atoms with Crippen molar-refractivity contribution in [3.8, 4) is 10.8 Å². The molecule has 25 heavy (non-hydrogen) atoms. The standard InChI is InChI=1S/C18H20N4OS.HI/c1-19-18(20-10-12-6-7-12)21-11-13-8-9-15(23-13)17-22-14-4-2-3-5-16(14)24-17;/h2-5,8-9,12H,6-7,10-11H2,1H3,(H2,19,20,21);1H.